The van der Waals surface area contributed by atoms with Crippen LogP contribution in [0.25, 0.3) is 0 Å². The molecule has 17 heteroatoms. The van der Waals surface area contributed by atoms with Gasteiger partial charge >= 0.3 is 17.9 Å². The lowest BCUT2D eigenvalue weighted by Gasteiger charge is -2.15. The van der Waals surface area contributed by atoms with Crippen LogP contribution in [0.2, 0.25) is 0 Å². The molecule has 2 aliphatic heterocycles. The second-order valence-corrected chi connectivity index (χ2v) is 15.7. The minimum absolute atomic E-state index is 0.112. The maximum atomic E-state index is 13.0. The number of carboxylic acid groups (broad SMARTS) is 1. The fourth-order valence-electron chi connectivity index (χ4n) is 6.43. The van der Waals surface area contributed by atoms with E-state index in [2.05, 4.69) is 15.3 Å². The lowest BCUT2D eigenvalue weighted by Crippen LogP contribution is -2.27. The fraction of sp³-hybridized carbons (Fsp3) is 0.450. The molecule has 2 aliphatic carbocycles. The van der Waals surface area contributed by atoms with Crippen molar-refractivity contribution in [3.05, 3.63) is 68.7 Å². The molecule has 4 aliphatic rings. The van der Waals surface area contributed by atoms with Crippen molar-refractivity contribution in [3.63, 3.8) is 0 Å². The summed E-state index contributed by atoms with van der Waals surface area (Å²) in [5.41, 5.74) is 7.46. The SMILES string of the molecule is CCCc1nc(N)sc1C(=O)OCC.CCCc1nc(NC(=O)C2(c3ccc4c(c3)OCO4)CC2)sc1C(=O)OCC.O=C(O)C1(c2ccc3c(c2)OCO3)CC1. The fourth-order valence-corrected chi connectivity index (χ4v) is 8.10. The van der Waals surface area contributed by atoms with Gasteiger partial charge in [0.25, 0.3) is 0 Å². The van der Waals surface area contributed by atoms with Gasteiger partial charge in [-0.25, -0.2) is 19.6 Å². The number of rotatable bonds is 13. The number of carboxylic acids is 1. The van der Waals surface area contributed by atoms with Crippen LogP contribution in [0.4, 0.5) is 10.3 Å². The Labute approximate surface area is 337 Å². The molecule has 2 aromatic carbocycles. The average molecular weight is 823 g/mol. The van der Waals surface area contributed by atoms with Crippen LogP contribution in [0.1, 0.15) is 108 Å². The number of nitrogens with zero attached hydrogens (tertiary/aromatic N) is 2. The molecule has 304 valence electrons. The molecule has 1 amide bonds. The van der Waals surface area contributed by atoms with Gasteiger partial charge in [0.1, 0.15) is 9.75 Å². The summed E-state index contributed by atoms with van der Waals surface area (Å²) in [6, 6.07) is 11.0. The Morgan fingerprint density at radius 1 is 0.719 bits per heavy atom. The number of ether oxygens (including phenoxy) is 6. The second kappa shape index (κ2) is 17.8. The number of nitrogens with one attached hydrogen (secondary N) is 1. The molecule has 0 atom stereocenters. The van der Waals surface area contributed by atoms with Gasteiger partial charge in [0.15, 0.2) is 33.3 Å². The van der Waals surface area contributed by atoms with E-state index >= 15 is 0 Å². The minimum atomic E-state index is -0.749. The zero-order valence-corrected chi connectivity index (χ0v) is 33.9. The maximum Gasteiger partial charge on any atom is 0.350 e. The molecule has 0 bridgehead atoms. The summed E-state index contributed by atoms with van der Waals surface area (Å²) in [6.07, 6.45) is 6.16. The van der Waals surface area contributed by atoms with Gasteiger partial charge in [-0.05, 0) is 87.8 Å². The molecular weight excluding hydrogens is 777 g/mol. The zero-order valence-electron chi connectivity index (χ0n) is 32.3. The van der Waals surface area contributed by atoms with Gasteiger partial charge in [-0.2, -0.15) is 0 Å². The molecule has 8 rings (SSSR count). The number of anilines is 2. The third kappa shape index (κ3) is 9.09. The van der Waals surface area contributed by atoms with E-state index in [9.17, 15) is 19.2 Å². The van der Waals surface area contributed by atoms with Crippen LogP contribution in [0, 0.1) is 0 Å². The Bertz CT molecular complexity index is 2120. The van der Waals surface area contributed by atoms with Crippen molar-refractivity contribution in [2.24, 2.45) is 0 Å². The van der Waals surface area contributed by atoms with Crippen molar-refractivity contribution in [1.82, 2.24) is 9.97 Å². The van der Waals surface area contributed by atoms with Crippen LogP contribution in [0.15, 0.2) is 36.4 Å². The number of nitrogens with two attached hydrogens (primary N) is 1. The van der Waals surface area contributed by atoms with E-state index < -0.39 is 16.8 Å². The van der Waals surface area contributed by atoms with Gasteiger partial charge in [-0.15, -0.1) is 0 Å². The first-order valence-electron chi connectivity index (χ1n) is 18.9. The molecule has 0 saturated heterocycles. The van der Waals surface area contributed by atoms with Crippen LogP contribution < -0.4 is 30.0 Å². The molecule has 0 radical (unpaired) electrons. The third-order valence-corrected chi connectivity index (χ3v) is 11.6. The number of carbonyl (C=O) groups is 4. The summed E-state index contributed by atoms with van der Waals surface area (Å²) in [7, 11) is 0. The molecule has 0 spiro atoms. The summed E-state index contributed by atoms with van der Waals surface area (Å²) in [4.78, 5) is 57.4. The Balaban J connectivity index is 0.000000159. The lowest BCUT2D eigenvalue weighted by molar-refractivity contribution is -0.140. The Hall–Kier alpha value is -5.42. The number of thiazole rings is 2. The Kier molecular flexibility index (Phi) is 12.9. The number of esters is 2. The molecule has 4 N–H and O–H groups in total. The van der Waals surface area contributed by atoms with Crippen LogP contribution in [-0.4, -0.2) is 65.7 Å². The van der Waals surface area contributed by atoms with Crippen molar-refractivity contribution in [1.29, 1.82) is 0 Å². The van der Waals surface area contributed by atoms with E-state index in [0.29, 0.717) is 81.2 Å². The quantitative estimate of drug-likeness (QED) is 0.115. The van der Waals surface area contributed by atoms with Gasteiger partial charge < -0.3 is 44.6 Å². The van der Waals surface area contributed by atoms with Crippen LogP contribution >= 0.6 is 22.7 Å². The summed E-state index contributed by atoms with van der Waals surface area (Å²) in [5.74, 6) is 1.15. The lowest BCUT2D eigenvalue weighted by atomic mass is 9.94. The van der Waals surface area contributed by atoms with E-state index in [0.717, 1.165) is 48.9 Å². The molecule has 2 saturated carbocycles. The highest BCUT2D eigenvalue weighted by atomic mass is 32.1. The first-order valence-corrected chi connectivity index (χ1v) is 20.6. The molecule has 15 nitrogen and oxygen atoms in total. The number of hydrogen-bond acceptors (Lipinski definition) is 15. The van der Waals surface area contributed by atoms with Crippen molar-refractivity contribution in [2.75, 3.05) is 37.9 Å². The highest BCUT2D eigenvalue weighted by Gasteiger charge is 2.53. The smallest absolute Gasteiger partial charge is 0.350 e. The predicted molar refractivity (Wildman–Crippen MR) is 212 cm³/mol. The summed E-state index contributed by atoms with van der Waals surface area (Å²) in [5, 5.41) is 12.9. The average Bonchev–Trinajstić information content (AvgIpc) is 3.95. The topological polar surface area (TPSA) is 208 Å². The first-order chi connectivity index (χ1) is 27.5. The van der Waals surface area contributed by atoms with Crippen LogP contribution in [0.5, 0.6) is 23.0 Å². The predicted octanol–water partition coefficient (Wildman–Crippen LogP) is 7.06. The number of aromatic nitrogens is 2. The monoisotopic (exact) mass is 822 g/mol. The number of fused-ring (bicyclic) bond motifs is 2. The van der Waals surface area contributed by atoms with Gasteiger partial charge in [-0.1, -0.05) is 61.5 Å². The van der Waals surface area contributed by atoms with Gasteiger partial charge in [-0.3, -0.25) is 9.59 Å². The van der Waals surface area contributed by atoms with E-state index in [1.807, 2.05) is 38.1 Å². The second-order valence-electron chi connectivity index (χ2n) is 13.6. The number of aliphatic carboxylic acids is 1. The molecule has 4 aromatic rings. The van der Waals surface area contributed by atoms with E-state index in [4.69, 9.17) is 39.3 Å². The van der Waals surface area contributed by atoms with E-state index in [1.165, 1.54) is 22.7 Å². The zero-order chi connectivity index (χ0) is 40.7. The number of amides is 1. The van der Waals surface area contributed by atoms with E-state index in [-0.39, 0.29) is 31.4 Å². The molecule has 4 heterocycles. The molecular formula is C40H46N4O11S2. The highest BCUT2D eigenvalue weighted by Crippen LogP contribution is 2.52. The number of carbonyl (C=O) groups excluding carboxylic acids is 3. The number of hydrogen-bond donors (Lipinski definition) is 3. The highest BCUT2D eigenvalue weighted by molar-refractivity contribution is 7.18. The van der Waals surface area contributed by atoms with Crippen LogP contribution in [-0.2, 0) is 42.7 Å². The molecule has 2 fully saturated rings. The maximum absolute atomic E-state index is 13.0. The summed E-state index contributed by atoms with van der Waals surface area (Å²) in [6.45, 7) is 8.70. The molecule has 57 heavy (non-hydrogen) atoms. The normalized spacial score (nSPS) is 15.6. The number of nitrogen functional groups attached to an aromatic ring is 1. The van der Waals surface area contributed by atoms with Crippen LogP contribution in [0.3, 0.4) is 0 Å². The summed E-state index contributed by atoms with van der Waals surface area (Å²) >= 11 is 2.37. The van der Waals surface area contributed by atoms with Crippen molar-refractivity contribution in [2.45, 2.75) is 89.9 Å². The number of benzene rings is 2. The van der Waals surface area contributed by atoms with Gasteiger partial charge in [0.05, 0.1) is 35.4 Å². The molecule has 2 aromatic heterocycles. The van der Waals surface area contributed by atoms with Gasteiger partial charge in [0.2, 0.25) is 19.5 Å². The minimum Gasteiger partial charge on any atom is -0.481 e. The van der Waals surface area contributed by atoms with Crippen molar-refractivity contribution in [3.8, 4) is 23.0 Å². The van der Waals surface area contributed by atoms with E-state index in [1.54, 1.807) is 26.0 Å². The Morgan fingerprint density at radius 3 is 1.67 bits per heavy atom. The van der Waals surface area contributed by atoms with Crippen molar-refractivity contribution < 1.29 is 52.7 Å². The third-order valence-electron chi connectivity index (χ3n) is 9.72. The first kappa shape index (κ1) is 41.2. The molecule has 0 unspecified atom stereocenters. The largest absolute Gasteiger partial charge is 0.481 e. The summed E-state index contributed by atoms with van der Waals surface area (Å²) < 4.78 is 31.2. The van der Waals surface area contributed by atoms with Crippen molar-refractivity contribution >= 4 is 56.8 Å². The standard InChI is InChI=1S/C20H22N2O5S.C11H10O4.C9H14N2O2S/c1-3-5-13-16(17(23)25-4-2)28-19(21-13)22-18(24)20(8-9-20)12-6-7-14-15(10-12)27-11-26-14;12-10(13)11(3-4-11)7-1-2-8-9(5-7)15-6-14-8;1-3-5-6-7(8(12)13-4-2)14-9(10)11-6/h6-7,10H,3-5,8-9,11H2,1-2H3,(H,21,22,24);1-2,5H,3-4,6H2,(H,12,13);3-5H2,1-2H3,(H2,10,11). The van der Waals surface area contributed by atoms with Gasteiger partial charge in [0, 0.05) is 0 Å². The Morgan fingerprint density at radius 2 is 1.19 bits per heavy atom. The number of aryl methyl sites for hydroxylation is 2.